The van der Waals surface area contributed by atoms with E-state index in [0.717, 1.165) is 35.5 Å². The highest BCUT2D eigenvalue weighted by Crippen LogP contribution is 2.61. The minimum atomic E-state index is 0.613. The Hall–Kier alpha value is -0.400. The fourth-order valence-corrected chi connectivity index (χ4v) is 6.17. The molecule has 7 atom stereocenters. The molecule has 0 spiro atoms. The van der Waals surface area contributed by atoms with Gasteiger partial charge in [0.1, 0.15) is 0 Å². The van der Waals surface area contributed by atoms with E-state index in [0.29, 0.717) is 12.5 Å². The molecular formula is C15H23NO. The van der Waals surface area contributed by atoms with Crippen LogP contribution in [-0.2, 0) is 0 Å². The average molecular weight is 233 g/mol. The summed E-state index contributed by atoms with van der Waals surface area (Å²) < 4.78 is 0. The predicted octanol–water partition coefficient (Wildman–Crippen LogP) is 3.85. The van der Waals surface area contributed by atoms with Crippen molar-refractivity contribution in [1.82, 2.24) is 0 Å². The van der Waals surface area contributed by atoms with Crippen molar-refractivity contribution < 1.29 is 0 Å². The van der Waals surface area contributed by atoms with Crippen LogP contribution in [-0.4, -0.2) is 6.54 Å². The summed E-state index contributed by atoms with van der Waals surface area (Å²) >= 11 is 0. The van der Waals surface area contributed by atoms with Crippen molar-refractivity contribution in [3.63, 3.8) is 0 Å². The molecule has 17 heavy (non-hydrogen) atoms. The fraction of sp³-hybridized carbons (Fsp3) is 1.00. The van der Waals surface area contributed by atoms with Crippen molar-refractivity contribution in [2.45, 2.75) is 44.9 Å². The lowest BCUT2D eigenvalue weighted by Crippen LogP contribution is -2.51. The van der Waals surface area contributed by atoms with Gasteiger partial charge in [-0.2, -0.15) is 4.91 Å². The van der Waals surface area contributed by atoms with E-state index in [1.54, 1.807) is 0 Å². The Morgan fingerprint density at radius 1 is 0.824 bits per heavy atom. The monoisotopic (exact) mass is 233 g/mol. The second kappa shape index (κ2) is 3.80. The third-order valence-electron chi connectivity index (χ3n) is 6.65. The summed E-state index contributed by atoms with van der Waals surface area (Å²) in [6.07, 6.45) is 10.3. The van der Waals surface area contributed by atoms with E-state index in [4.69, 9.17) is 0 Å². The number of nitrogens with zero attached hydrogens (tertiary/aromatic N) is 1. The number of rotatable bonds is 2. The molecule has 0 aliphatic heterocycles. The molecule has 4 saturated carbocycles. The first-order valence-corrected chi connectivity index (χ1v) is 7.64. The summed E-state index contributed by atoms with van der Waals surface area (Å²) in [4.78, 5) is 10.7. The number of hydrogen-bond donors (Lipinski definition) is 0. The zero-order valence-corrected chi connectivity index (χ0v) is 10.6. The predicted molar refractivity (Wildman–Crippen MR) is 67.4 cm³/mol. The van der Waals surface area contributed by atoms with Gasteiger partial charge in [-0.3, -0.25) is 0 Å². The van der Waals surface area contributed by atoms with Gasteiger partial charge in [0, 0.05) is 0 Å². The fourth-order valence-electron chi connectivity index (χ4n) is 6.17. The summed E-state index contributed by atoms with van der Waals surface area (Å²) in [5.41, 5.74) is 0. The summed E-state index contributed by atoms with van der Waals surface area (Å²) in [6, 6.07) is 0. The zero-order valence-electron chi connectivity index (χ0n) is 10.6. The van der Waals surface area contributed by atoms with E-state index in [9.17, 15) is 4.91 Å². The first kappa shape index (κ1) is 10.5. The molecule has 4 aliphatic carbocycles. The average Bonchev–Trinajstić information content (AvgIpc) is 2.37. The molecule has 0 heterocycles. The van der Waals surface area contributed by atoms with Gasteiger partial charge >= 0.3 is 0 Å². The van der Waals surface area contributed by atoms with Crippen LogP contribution in [0.25, 0.3) is 0 Å². The topological polar surface area (TPSA) is 29.4 Å². The van der Waals surface area contributed by atoms with E-state index >= 15 is 0 Å². The van der Waals surface area contributed by atoms with Crippen molar-refractivity contribution in [2.75, 3.05) is 6.54 Å². The van der Waals surface area contributed by atoms with Gasteiger partial charge < -0.3 is 0 Å². The maximum absolute atomic E-state index is 10.7. The Bertz CT molecular complexity index is 327. The molecule has 0 N–H and O–H groups in total. The molecule has 0 aromatic heterocycles. The van der Waals surface area contributed by atoms with Crippen LogP contribution in [0.4, 0.5) is 0 Å². The van der Waals surface area contributed by atoms with Crippen molar-refractivity contribution in [1.29, 1.82) is 0 Å². The lowest BCUT2D eigenvalue weighted by Gasteiger charge is -2.59. The third kappa shape index (κ3) is 1.52. The SMILES string of the molecule is O=NCC1CC2CC3CCC4CC3C(C2)C1C4. The van der Waals surface area contributed by atoms with Gasteiger partial charge in [-0.1, -0.05) is 11.6 Å². The Kier molecular flexibility index (Phi) is 2.35. The van der Waals surface area contributed by atoms with E-state index in [-0.39, 0.29) is 0 Å². The molecule has 2 nitrogen and oxygen atoms in total. The Morgan fingerprint density at radius 3 is 2.53 bits per heavy atom. The largest absolute Gasteiger partial charge is 0.151 e. The molecule has 7 unspecified atom stereocenters. The molecule has 4 aliphatic rings. The van der Waals surface area contributed by atoms with Crippen LogP contribution in [0.3, 0.4) is 0 Å². The van der Waals surface area contributed by atoms with Gasteiger partial charge in [-0.15, -0.1) is 0 Å². The van der Waals surface area contributed by atoms with Gasteiger partial charge in [0.25, 0.3) is 0 Å². The first-order valence-electron chi connectivity index (χ1n) is 7.64. The van der Waals surface area contributed by atoms with Crippen LogP contribution in [0.5, 0.6) is 0 Å². The van der Waals surface area contributed by atoms with Gasteiger partial charge in [-0.25, -0.2) is 0 Å². The lowest BCUT2D eigenvalue weighted by atomic mass is 9.47. The lowest BCUT2D eigenvalue weighted by molar-refractivity contribution is -0.0887. The number of hydrogen-bond acceptors (Lipinski definition) is 2. The van der Waals surface area contributed by atoms with Crippen LogP contribution < -0.4 is 0 Å². The highest BCUT2D eigenvalue weighted by Gasteiger charge is 2.52. The number of fused-ring (bicyclic) bond motifs is 2. The van der Waals surface area contributed by atoms with Gasteiger partial charge in [0.2, 0.25) is 0 Å². The third-order valence-corrected chi connectivity index (χ3v) is 6.65. The Labute approximate surface area is 104 Å². The van der Waals surface area contributed by atoms with E-state index in [1.807, 2.05) is 0 Å². The van der Waals surface area contributed by atoms with Crippen molar-refractivity contribution in [3.05, 3.63) is 4.91 Å². The smallest absolute Gasteiger partial charge is 0.0842 e. The summed E-state index contributed by atoms with van der Waals surface area (Å²) in [5.74, 6) is 6.55. The first-order chi connectivity index (χ1) is 8.35. The maximum atomic E-state index is 10.7. The molecule has 0 amide bonds. The van der Waals surface area contributed by atoms with E-state index in [1.165, 1.54) is 44.9 Å². The minimum Gasteiger partial charge on any atom is -0.151 e. The molecule has 94 valence electrons. The van der Waals surface area contributed by atoms with E-state index < -0.39 is 0 Å². The maximum Gasteiger partial charge on any atom is 0.0842 e. The molecule has 0 radical (unpaired) electrons. The van der Waals surface area contributed by atoms with Crippen LogP contribution >= 0.6 is 0 Å². The molecule has 0 saturated heterocycles. The highest BCUT2D eigenvalue weighted by atomic mass is 16.3. The van der Waals surface area contributed by atoms with Crippen LogP contribution in [0.15, 0.2) is 5.18 Å². The van der Waals surface area contributed by atoms with Crippen LogP contribution in [0.2, 0.25) is 0 Å². The molecule has 4 bridgehead atoms. The Balaban J connectivity index is 1.66. The van der Waals surface area contributed by atoms with Crippen molar-refractivity contribution >= 4 is 0 Å². The van der Waals surface area contributed by atoms with Crippen molar-refractivity contribution in [2.24, 2.45) is 46.6 Å². The zero-order chi connectivity index (χ0) is 11.4. The second-order valence-corrected chi connectivity index (χ2v) is 7.31. The molecule has 0 aromatic carbocycles. The number of nitroso groups, excluding NO2 is 1. The summed E-state index contributed by atoms with van der Waals surface area (Å²) in [5, 5.41) is 3.25. The van der Waals surface area contributed by atoms with E-state index in [2.05, 4.69) is 5.18 Å². The van der Waals surface area contributed by atoms with Gasteiger partial charge in [0.05, 0.1) is 6.54 Å². The van der Waals surface area contributed by atoms with Crippen LogP contribution in [0.1, 0.15) is 44.9 Å². The van der Waals surface area contributed by atoms with Crippen molar-refractivity contribution in [3.8, 4) is 0 Å². The van der Waals surface area contributed by atoms with Gasteiger partial charge in [0.15, 0.2) is 0 Å². The van der Waals surface area contributed by atoms with Crippen LogP contribution in [0, 0.1) is 46.3 Å². The Morgan fingerprint density at radius 2 is 1.65 bits per heavy atom. The highest BCUT2D eigenvalue weighted by molar-refractivity contribution is 5.02. The molecule has 2 heteroatoms. The molecule has 4 fully saturated rings. The molecule has 0 aromatic rings. The quantitative estimate of drug-likeness (QED) is 0.666. The normalized spacial score (nSPS) is 55.6. The summed E-state index contributed by atoms with van der Waals surface area (Å²) in [7, 11) is 0. The molecular weight excluding hydrogens is 210 g/mol. The second-order valence-electron chi connectivity index (χ2n) is 7.31. The molecule has 4 rings (SSSR count). The minimum absolute atomic E-state index is 0.613. The summed E-state index contributed by atoms with van der Waals surface area (Å²) in [6.45, 7) is 0.613. The standard InChI is InChI=1S/C15H23NO/c17-16-8-12-4-10-3-11-2-1-9-5-13(11)15(7-10)14(12)6-9/h9-15H,1-8H2. The van der Waals surface area contributed by atoms with Gasteiger partial charge in [-0.05, 0) is 80.0 Å².